The van der Waals surface area contributed by atoms with Crippen LogP contribution in [0.4, 0.5) is 0 Å². The van der Waals surface area contributed by atoms with Gasteiger partial charge in [0.05, 0.1) is 18.5 Å². The summed E-state index contributed by atoms with van der Waals surface area (Å²) in [4.78, 5) is 45.0. The Balaban J connectivity index is 0. The van der Waals surface area contributed by atoms with E-state index in [0.717, 1.165) is 20.8 Å². The fourth-order valence-electron chi connectivity index (χ4n) is 2.94. The molecule has 1 fully saturated rings. The summed E-state index contributed by atoms with van der Waals surface area (Å²) in [5.41, 5.74) is -1.09. The van der Waals surface area contributed by atoms with Crippen LogP contribution in [0.25, 0.3) is 0 Å². The van der Waals surface area contributed by atoms with Gasteiger partial charge in [0, 0.05) is 50.1 Å². The summed E-state index contributed by atoms with van der Waals surface area (Å²) in [7, 11) is 0.137. The molecule has 0 N–H and O–H groups in total. The molecule has 9 nitrogen and oxygen atoms in total. The fraction of sp³-hybridized carbons (Fsp3) is 0.800. The molecule has 0 aromatic heterocycles. The van der Waals surface area contributed by atoms with E-state index in [0.29, 0.717) is 0 Å². The molecule has 1 radical (unpaired) electrons. The van der Waals surface area contributed by atoms with Crippen molar-refractivity contribution in [3.05, 3.63) is 0 Å². The molecule has 1 rings (SSSR count). The maximum atomic E-state index is 11.4. The first-order valence-electron chi connectivity index (χ1n) is 10.3. The van der Waals surface area contributed by atoms with E-state index in [1.807, 2.05) is 0 Å². The fourth-order valence-corrected chi connectivity index (χ4v) is 4.79. The third kappa shape index (κ3) is 13.2. The Labute approximate surface area is 212 Å². The van der Waals surface area contributed by atoms with Crippen molar-refractivity contribution in [1.82, 2.24) is 0 Å². The molecule has 0 aromatic rings. The Morgan fingerprint density at radius 1 is 0.750 bits per heavy atom. The average molecular weight is 679 g/mol. The van der Waals surface area contributed by atoms with Crippen LogP contribution in [0.1, 0.15) is 48.5 Å². The molecule has 12 heteroatoms. The van der Waals surface area contributed by atoms with Gasteiger partial charge < -0.3 is 36.3 Å². The maximum Gasteiger partial charge on any atom is 0.303 e. The van der Waals surface area contributed by atoms with E-state index in [1.54, 1.807) is 0 Å². The van der Waals surface area contributed by atoms with Gasteiger partial charge in [0.2, 0.25) is 0 Å². The van der Waals surface area contributed by atoms with Crippen molar-refractivity contribution in [3.63, 3.8) is 0 Å². The Kier molecular flexibility index (Phi) is 18.6. The van der Waals surface area contributed by atoms with E-state index >= 15 is 0 Å². The van der Waals surface area contributed by atoms with Crippen LogP contribution < -0.4 is 0 Å². The summed E-state index contributed by atoms with van der Waals surface area (Å²) in [5, 5.41) is 0. The van der Waals surface area contributed by atoms with E-state index in [9.17, 15) is 19.2 Å². The van der Waals surface area contributed by atoms with E-state index in [2.05, 4.69) is 20.8 Å². The number of carbonyl (C=O) groups excluding carboxylic acids is 4. The molecule has 5 atom stereocenters. The van der Waals surface area contributed by atoms with Crippen molar-refractivity contribution >= 4 is 44.4 Å². The molecule has 191 valence electrons. The maximum absolute atomic E-state index is 11.4. The minimum absolute atomic E-state index is 0. The Hall–Kier alpha value is -0.640. The predicted octanol–water partition coefficient (Wildman–Crippen LogP) is 1.87. The van der Waals surface area contributed by atoms with Crippen LogP contribution in [0.15, 0.2) is 0 Å². The summed E-state index contributed by atoms with van der Waals surface area (Å²) in [6, 6.07) is 0. The molecule has 0 saturated carbocycles. The largest absolute Gasteiger partial charge is 0.757 e. The van der Waals surface area contributed by atoms with Gasteiger partial charge in [0.1, 0.15) is 18.8 Å². The molecule has 0 aliphatic carbocycles. The second-order valence-corrected chi connectivity index (χ2v) is 11.0. The molecular formula is C20H35AuO9PS. The zero-order valence-corrected chi connectivity index (χ0v) is 23.6. The van der Waals surface area contributed by atoms with Crippen LogP contribution in [0.3, 0.4) is 0 Å². The molecule has 1 saturated heterocycles. The van der Waals surface area contributed by atoms with Crippen LogP contribution in [0.2, 0.25) is 0 Å². The van der Waals surface area contributed by atoms with Gasteiger partial charge in [-0.1, -0.05) is 0 Å². The van der Waals surface area contributed by atoms with E-state index in [1.165, 1.54) is 25.4 Å². The Bertz CT molecular complexity index is 598. The topological polar surface area (TPSA) is 114 Å². The molecule has 1 aliphatic heterocycles. The zero-order chi connectivity index (χ0) is 24.1. The van der Waals surface area contributed by atoms with Crippen molar-refractivity contribution in [1.29, 1.82) is 0 Å². The van der Waals surface area contributed by atoms with Gasteiger partial charge in [-0.25, -0.2) is 0 Å². The third-order valence-corrected chi connectivity index (χ3v) is 7.83. The number of rotatable bonds is 8. The second-order valence-electron chi connectivity index (χ2n) is 6.88. The molecule has 32 heavy (non-hydrogen) atoms. The van der Waals surface area contributed by atoms with Crippen molar-refractivity contribution in [3.8, 4) is 0 Å². The van der Waals surface area contributed by atoms with Crippen LogP contribution in [-0.4, -0.2) is 78.8 Å². The molecule has 0 amide bonds. The van der Waals surface area contributed by atoms with E-state index in [-0.39, 0.29) is 36.9 Å². The molecule has 0 spiro atoms. The van der Waals surface area contributed by atoms with Gasteiger partial charge >= 0.3 is 23.9 Å². The Morgan fingerprint density at radius 3 is 1.50 bits per heavy atom. The van der Waals surface area contributed by atoms with E-state index < -0.39 is 53.7 Å². The molecule has 1 aliphatic rings. The van der Waals surface area contributed by atoms with Gasteiger partial charge in [-0.15, -0.1) is 0 Å². The second kappa shape index (κ2) is 17.8. The number of esters is 4. The molecular weight excluding hydrogens is 644 g/mol. The standard InChI is InChI=1S/C14H20O9S.C6H15P.Au/c1-6(15)19-5-10-11(20-7(2)16)12(21-8(3)17)13(14(24)23-10)22-9(4)18;1-4-7(5-2)6-3;/h10-14,24H,5H2,1-4H3;4-6H2,1-3H3;. The molecule has 0 bridgehead atoms. The van der Waals surface area contributed by atoms with Gasteiger partial charge in [-0.2, -0.15) is 0 Å². The van der Waals surface area contributed by atoms with E-state index in [4.69, 9.17) is 36.3 Å². The summed E-state index contributed by atoms with van der Waals surface area (Å²) in [5.74, 6) is -2.62. The van der Waals surface area contributed by atoms with Crippen LogP contribution in [-0.2, 0) is 77.9 Å². The first kappa shape index (κ1) is 33.5. The average Bonchev–Trinajstić information content (AvgIpc) is 2.66. The number of hydrogen-bond acceptors (Lipinski definition) is 10. The molecule has 5 unspecified atom stereocenters. The van der Waals surface area contributed by atoms with Crippen molar-refractivity contribution in [2.24, 2.45) is 0 Å². The van der Waals surface area contributed by atoms with Gasteiger partial charge in [-0.05, 0) is 34.1 Å². The van der Waals surface area contributed by atoms with Crippen molar-refractivity contribution < 1.29 is 65.2 Å². The smallest absolute Gasteiger partial charge is 0.303 e. The minimum Gasteiger partial charge on any atom is -0.757 e. The van der Waals surface area contributed by atoms with Gasteiger partial charge in [0.15, 0.2) is 12.2 Å². The number of hydrogen-bond donors (Lipinski definition) is 0. The summed E-state index contributed by atoms with van der Waals surface area (Å²) >= 11 is 5.11. The first-order chi connectivity index (χ1) is 14.5. The molecule has 0 aromatic carbocycles. The number of carbonyl (C=O) groups is 4. The minimum atomic E-state index is -1.19. The third-order valence-electron chi connectivity index (χ3n) is 4.45. The summed E-state index contributed by atoms with van der Waals surface area (Å²) in [6.45, 7) is 11.3. The van der Waals surface area contributed by atoms with Crippen LogP contribution in [0, 0.1) is 0 Å². The van der Waals surface area contributed by atoms with Gasteiger partial charge in [0.25, 0.3) is 0 Å². The van der Waals surface area contributed by atoms with Crippen molar-refractivity contribution in [2.75, 3.05) is 25.1 Å². The number of ether oxygens (including phenoxy) is 5. The Morgan fingerprint density at radius 2 is 1.16 bits per heavy atom. The van der Waals surface area contributed by atoms with Gasteiger partial charge in [-0.3, -0.25) is 19.2 Å². The quantitative estimate of drug-likeness (QED) is 0.124. The van der Waals surface area contributed by atoms with Crippen LogP contribution >= 0.6 is 7.92 Å². The predicted molar refractivity (Wildman–Crippen MR) is 119 cm³/mol. The van der Waals surface area contributed by atoms with Crippen LogP contribution in [0.5, 0.6) is 0 Å². The summed E-state index contributed by atoms with van der Waals surface area (Å²) in [6.07, 6.45) is -0.107. The normalized spacial score (nSPS) is 24.2. The molecule has 1 heterocycles. The monoisotopic (exact) mass is 679 g/mol. The zero-order valence-electron chi connectivity index (χ0n) is 19.6. The SMILES string of the molecule is CC(=O)OCC1OC([S-])C(OC(C)=O)C(OC(C)=O)C1OC(C)=O.CC[PH+](CC)CC.[Au]. The first-order valence-corrected chi connectivity index (χ1v) is 12.9. The summed E-state index contributed by atoms with van der Waals surface area (Å²) < 4.78 is 25.7. The van der Waals surface area contributed by atoms with Crippen molar-refractivity contribution in [2.45, 2.75) is 78.3 Å².